The number of H-pyrrole nitrogens is 2. The average Bonchev–Trinajstić information content (AvgIpc) is 3.08. The van der Waals surface area contributed by atoms with Gasteiger partial charge in [0, 0.05) is 0 Å². The van der Waals surface area contributed by atoms with E-state index in [1.807, 2.05) is 0 Å². The van der Waals surface area contributed by atoms with E-state index in [0.717, 1.165) is 20.4 Å². The summed E-state index contributed by atoms with van der Waals surface area (Å²) in [6.45, 7) is 4.18. The van der Waals surface area contributed by atoms with Crippen LogP contribution in [0.4, 0.5) is 0 Å². The van der Waals surface area contributed by atoms with Crippen LogP contribution in [0, 0.1) is 0 Å². The maximum absolute atomic E-state index is 11.7. The summed E-state index contributed by atoms with van der Waals surface area (Å²) in [5.74, 6) is -0.766. The zero-order valence-electron chi connectivity index (χ0n) is 11.6. The molecule has 0 radical (unpaired) electrons. The van der Waals surface area contributed by atoms with Gasteiger partial charge >= 0.3 is 11.9 Å². The summed E-state index contributed by atoms with van der Waals surface area (Å²) in [5.41, 5.74) is 2.42. The molecule has 0 saturated heterocycles. The minimum absolute atomic E-state index is 0.330. The van der Waals surface area contributed by atoms with Crippen molar-refractivity contribution in [3.05, 3.63) is 23.5 Å². The Bertz CT molecular complexity index is 760. The predicted octanol–water partition coefficient (Wildman–Crippen LogP) is 3.06. The Kier molecular flexibility index (Phi) is 3.42. The number of carbonyl (C=O) groups is 2. The number of aromatic nitrogens is 2. The van der Waals surface area contributed by atoms with Gasteiger partial charge in [-0.3, -0.25) is 0 Å². The molecule has 3 aromatic heterocycles. The Morgan fingerprint density at radius 2 is 1.38 bits per heavy atom. The SMILES string of the molecule is CCOC(=O)c1cc2sc3cc(C(=O)OCC)[nH]c3c2[nH]1. The molecule has 110 valence electrons. The Labute approximate surface area is 124 Å². The van der Waals surface area contributed by atoms with Crippen molar-refractivity contribution >= 4 is 43.7 Å². The highest BCUT2D eigenvalue weighted by molar-refractivity contribution is 7.25. The van der Waals surface area contributed by atoms with E-state index >= 15 is 0 Å². The summed E-state index contributed by atoms with van der Waals surface area (Å²) in [5, 5.41) is 0. The summed E-state index contributed by atoms with van der Waals surface area (Å²) in [6.07, 6.45) is 0. The van der Waals surface area contributed by atoms with Crippen molar-refractivity contribution in [3.8, 4) is 0 Å². The second-order valence-corrected chi connectivity index (χ2v) is 5.47. The molecule has 3 rings (SSSR count). The summed E-state index contributed by atoms with van der Waals surface area (Å²) < 4.78 is 11.8. The lowest BCUT2D eigenvalue weighted by Crippen LogP contribution is -2.04. The third-order valence-electron chi connectivity index (χ3n) is 3.02. The molecular formula is C14H14N2O4S. The van der Waals surface area contributed by atoms with Crippen LogP contribution >= 0.6 is 11.3 Å². The first-order chi connectivity index (χ1) is 10.1. The quantitative estimate of drug-likeness (QED) is 0.726. The van der Waals surface area contributed by atoms with Gasteiger partial charge in [-0.15, -0.1) is 11.3 Å². The zero-order valence-corrected chi connectivity index (χ0v) is 12.4. The number of nitrogens with one attached hydrogen (secondary N) is 2. The number of esters is 2. The molecule has 0 bridgehead atoms. The van der Waals surface area contributed by atoms with Crippen molar-refractivity contribution in [2.75, 3.05) is 13.2 Å². The summed E-state index contributed by atoms with van der Waals surface area (Å²) in [6, 6.07) is 3.52. The smallest absolute Gasteiger partial charge is 0.354 e. The Morgan fingerprint density at radius 3 is 1.76 bits per heavy atom. The molecule has 0 saturated carbocycles. The van der Waals surface area contributed by atoms with Crippen molar-refractivity contribution in [2.24, 2.45) is 0 Å². The molecule has 3 heterocycles. The molecule has 0 aliphatic carbocycles. The fourth-order valence-electron chi connectivity index (χ4n) is 2.16. The van der Waals surface area contributed by atoms with Crippen LogP contribution in [0.2, 0.25) is 0 Å². The highest BCUT2D eigenvalue weighted by Crippen LogP contribution is 2.34. The monoisotopic (exact) mass is 306 g/mol. The molecule has 0 unspecified atom stereocenters. The molecule has 0 aliphatic rings. The van der Waals surface area contributed by atoms with E-state index in [9.17, 15) is 9.59 Å². The van der Waals surface area contributed by atoms with Crippen molar-refractivity contribution in [2.45, 2.75) is 13.8 Å². The minimum Gasteiger partial charge on any atom is -0.461 e. The topological polar surface area (TPSA) is 84.2 Å². The van der Waals surface area contributed by atoms with Crippen molar-refractivity contribution in [1.29, 1.82) is 0 Å². The van der Waals surface area contributed by atoms with Gasteiger partial charge < -0.3 is 19.4 Å². The van der Waals surface area contributed by atoms with Gasteiger partial charge in [0.1, 0.15) is 11.4 Å². The Morgan fingerprint density at radius 1 is 0.952 bits per heavy atom. The molecule has 2 N–H and O–H groups in total. The van der Waals surface area contributed by atoms with Gasteiger partial charge in [0.25, 0.3) is 0 Å². The van der Waals surface area contributed by atoms with Crippen LogP contribution in [0.3, 0.4) is 0 Å². The van der Waals surface area contributed by atoms with E-state index in [2.05, 4.69) is 9.97 Å². The molecular weight excluding hydrogens is 292 g/mol. The van der Waals surface area contributed by atoms with Gasteiger partial charge in [0.15, 0.2) is 0 Å². The lowest BCUT2D eigenvalue weighted by Gasteiger charge is -1.97. The fourth-order valence-corrected chi connectivity index (χ4v) is 3.26. The van der Waals surface area contributed by atoms with Crippen LogP contribution in [-0.4, -0.2) is 35.1 Å². The Balaban J connectivity index is 2.02. The normalized spacial score (nSPS) is 11.1. The molecule has 0 aromatic carbocycles. The molecule has 3 aromatic rings. The van der Waals surface area contributed by atoms with Gasteiger partial charge in [-0.25, -0.2) is 9.59 Å². The van der Waals surface area contributed by atoms with Gasteiger partial charge in [0.05, 0.1) is 33.6 Å². The molecule has 21 heavy (non-hydrogen) atoms. The van der Waals surface area contributed by atoms with Gasteiger partial charge in [-0.05, 0) is 26.0 Å². The summed E-state index contributed by atoms with van der Waals surface area (Å²) in [4.78, 5) is 29.5. The number of carbonyl (C=O) groups excluding carboxylic acids is 2. The third-order valence-corrected chi connectivity index (χ3v) is 4.11. The summed E-state index contributed by atoms with van der Waals surface area (Å²) >= 11 is 1.50. The number of hydrogen-bond donors (Lipinski definition) is 2. The van der Waals surface area contributed by atoms with E-state index in [4.69, 9.17) is 9.47 Å². The van der Waals surface area contributed by atoms with Crippen LogP contribution in [0.1, 0.15) is 34.8 Å². The van der Waals surface area contributed by atoms with Crippen molar-refractivity contribution in [3.63, 3.8) is 0 Å². The number of fused-ring (bicyclic) bond motifs is 3. The van der Waals surface area contributed by atoms with E-state index in [1.54, 1.807) is 26.0 Å². The van der Waals surface area contributed by atoms with E-state index in [0.29, 0.717) is 24.6 Å². The maximum atomic E-state index is 11.7. The van der Waals surface area contributed by atoms with E-state index < -0.39 is 0 Å². The highest BCUT2D eigenvalue weighted by Gasteiger charge is 2.18. The predicted molar refractivity (Wildman–Crippen MR) is 79.9 cm³/mol. The van der Waals surface area contributed by atoms with Crippen LogP contribution in [-0.2, 0) is 9.47 Å². The van der Waals surface area contributed by atoms with E-state index in [-0.39, 0.29) is 11.9 Å². The minimum atomic E-state index is -0.383. The molecule has 0 amide bonds. The molecule has 6 nitrogen and oxygen atoms in total. The molecule has 7 heteroatoms. The van der Waals surface area contributed by atoms with Crippen molar-refractivity contribution in [1.82, 2.24) is 9.97 Å². The van der Waals surface area contributed by atoms with Crippen LogP contribution < -0.4 is 0 Å². The van der Waals surface area contributed by atoms with Gasteiger partial charge in [-0.1, -0.05) is 0 Å². The second kappa shape index (κ2) is 5.25. The van der Waals surface area contributed by atoms with Crippen LogP contribution in [0.25, 0.3) is 20.4 Å². The van der Waals surface area contributed by atoms with Crippen molar-refractivity contribution < 1.29 is 19.1 Å². The van der Waals surface area contributed by atoms with Crippen LogP contribution in [0.15, 0.2) is 12.1 Å². The summed E-state index contributed by atoms with van der Waals surface area (Å²) in [7, 11) is 0. The van der Waals surface area contributed by atoms with E-state index in [1.165, 1.54) is 11.3 Å². The fraction of sp³-hybridized carbons (Fsp3) is 0.286. The lowest BCUT2D eigenvalue weighted by molar-refractivity contribution is 0.0511. The third kappa shape index (κ3) is 2.29. The number of thiophene rings is 1. The number of aromatic amines is 2. The lowest BCUT2D eigenvalue weighted by atomic mass is 10.4. The zero-order chi connectivity index (χ0) is 15.0. The van der Waals surface area contributed by atoms with Gasteiger partial charge in [-0.2, -0.15) is 0 Å². The largest absolute Gasteiger partial charge is 0.461 e. The average molecular weight is 306 g/mol. The van der Waals surface area contributed by atoms with Gasteiger partial charge in [0.2, 0.25) is 0 Å². The molecule has 0 spiro atoms. The highest BCUT2D eigenvalue weighted by atomic mass is 32.1. The standard InChI is InChI=1S/C14H14N2O4S/c1-3-19-13(17)7-5-9-11(15-7)12-10(21-9)6-8(16-12)14(18)20-4-2/h5-6,15-16H,3-4H2,1-2H3. The first kappa shape index (κ1) is 13.7. The second-order valence-electron chi connectivity index (χ2n) is 4.39. The number of hydrogen-bond acceptors (Lipinski definition) is 5. The molecule has 0 atom stereocenters. The number of ether oxygens (including phenoxy) is 2. The molecule has 0 aliphatic heterocycles. The Hall–Kier alpha value is -2.28. The van der Waals surface area contributed by atoms with Crippen LogP contribution in [0.5, 0.6) is 0 Å². The number of rotatable bonds is 4. The molecule has 0 fully saturated rings. The maximum Gasteiger partial charge on any atom is 0.354 e. The first-order valence-corrected chi connectivity index (χ1v) is 7.44. The first-order valence-electron chi connectivity index (χ1n) is 6.62.